The predicted molar refractivity (Wildman–Crippen MR) is 66.1 cm³/mol. The van der Waals surface area contributed by atoms with E-state index in [0.29, 0.717) is 6.42 Å². The molecule has 0 aliphatic rings. The Bertz CT molecular complexity index is 453. The van der Waals surface area contributed by atoms with Gasteiger partial charge in [-0.1, -0.05) is 25.0 Å². The van der Waals surface area contributed by atoms with E-state index in [1.54, 1.807) is 19.1 Å². The van der Waals surface area contributed by atoms with Gasteiger partial charge in [0.15, 0.2) is 0 Å². The maximum atomic E-state index is 13.3. The molecule has 0 heterocycles. The maximum absolute atomic E-state index is 13.3. The van der Waals surface area contributed by atoms with E-state index in [-0.39, 0.29) is 5.69 Å². The van der Waals surface area contributed by atoms with Gasteiger partial charge >= 0.3 is 6.03 Å². The predicted octanol–water partition coefficient (Wildman–Crippen LogP) is 2.75. The summed E-state index contributed by atoms with van der Waals surface area (Å²) >= 11 is 0. The van der Waals surface area contributed by atoms with E-state index >= 15 is 0 Å². The third-order valence-electron chi connectivity index (χ3n) is 2.54. The Morgan fingerprint density at radius 3 is 2.71 bits per heavy atom. The second kappa shape index (κ2) is 5.35. The minimum atomic E-state index is -0.727. The lowest BCUT2D eigenvalue weighted by Gasteiger charge is -2.23. The van der Waals surface area contributed by atoms with Crippen LogP contribution in [0.2, 0.25) is 0 Å². The lowest BCUT2D eigenvalue weighted by molar-refractivity contribution is 0.245. The van der Waals surface area contributed by atoms with Crippen LogP contribution in [0.5, 0.6) is 0 Å². The first-order valence-corrected chi connectivity index (χ1v) is 5.32. The van der Waals surface area contributed by atoms with Gasteiger partial charge in [-0.2, -0.15) is 0 Å². The molecule has 90 valence electrons. The summed E-state index contributed by atoms with van der Waals surface area (Å²) in [6.45, 7) is 3.59. The molecule has 2 N–H and O–H groups in total. The van der Waals surface area contributed by atoms with Crippen molar-refractivity contribution in [3.8, 4) is 12.3 Å². The van der Waals surface area contributed by atoms with Crippen LogP contribution in [0.1, 0.15) is 20.3 Å². The third-order valence-corrected chi connectivity index (χ3v) is 2.54. The van der Waals surface area contributed by atoms with Crippen molar-refractivity contribution in [3.05, 3.63) is 30.1 Å². The summed E-state index contributed by atoms with van der Waals surface area (Å²) in [7, 11) is 0. The van der Waals surface area contributed by atoms with Gasteiger partial charge in [0.2, 0.25) is 0 Å². The minimum absolute atomic E-state index is 0.125. The maximum Gasteiger partial charge on any atom is 0.320 e. The molecule has 0 saturated carbocycles. The molecule has 0 bridgehead atoms. The van der Waals surface area contributed by atoms with E-state index in [9.17, 15) is 9.18 Å². The van der Waals surface area contributed by atoms with Gasteiger partial charge in [0.25, 0.3) is 0 Å². The van der Waals surface area contributed by atoms with Gasteiger partial charge in [-0.3, -0.25) is 0 Å². The highest BCUT2D eigenvalue weighted by Crippen LogP contribution is 2.13. The molecule has 0 fully saturated rings. The standard InChI is InChI=1S/C13H15FN2O/c1-4-13(3,5-2)16-12(17)15-11-9-7-6-8-10(11)14/h1,6-9H,5H2,2-3H3,(H2,15,16,17). The van der Waals surface area contributed by atoms with Crippen LogP contribution in [-0.4, -0.2) is 11.6 Å². The van der Waals surface area contributed by atoms with Gasteiger partial charge in [0, 0.05) is 0 Å². The largest absolute Gasteiger partial charge is 0.322 e. The first-order chi connectivity index (χ1) is 8.00. The quantitative estimate of drug-likeness (QED) is 0.776. The summed E-state index contributed by atoms with van der Waals surface area (Å²) in [6, 6.07) is 5.43. The van der Waals surface area contributed by atoms with Crippen LogP contribution >= 0.6 is 0 Å². The van der Waals surface area contributed by atoms with Crippen molar-refractivity contribution in [2.24, 2.45) is 0 Å². The Morgan fingerprint density at radius 2 is 2.18 bits per heavy atom. The molecular formula is C13H15FN2O. The summed E-state index contributed by atoms with van der Waals surface area (Å²) in [5, 5.41) is 5.03. The molecule has 1 unspecified atom stereocenters. The van der Waals surface area contributed by atoms with Crippen molar-refractivity contribution in [2.45, 2.75) is 25.8 Å². The summed E-state index contributed by atoms with van der Waals surface area (Å²) < 4.78 is 13.3. The highest BCUT2D eigenvalue weighted by Gasteiger charge is 2.21. The zero-order valence-electron chi connectivity index (χ0n) is 9.88. The van der Waals surface area contributed by atoms with Crippen molar-refractivity contribution >= 4 is 11.7 Å². The number of carbonyl (C=O) groups is 1. The van der Waals surface area contributed by atoms with Crippen LogP contribution < -0.4 is 10.6 Å². The number of carbonyl (C=O) groups excluding carboxylic acids is 1. The Morgan fingerprint density at radius 1 is 1.53 bits per heavy atom. The number of hydrogen-bond acceptors (Lipinski definition) is 1. The molecule has 17 heavy (non-hydrogen) atoms. The number of hydrogen-bond donors (Lipinski definition) is 2. The summed E-state index contributed by atoms with van der Waals surface area (Å²) in [5.74, 6) is 2.01. The highest BCUT2D eigenvalue weighted by molar-refractivity contribution is 5.90. The Labute approximate surface area is 100 Å². The van der Waals surface area contributed by atoms with Crippen molar-refractivity contribution < 1.29 is 9.18 Å². The molecule has 0 radical (unpaired) electrons. The number of urea groups is 1. The molecule has 0 aromatic heterocycles. The number of amides is 2. The van der Waals surface area contributed by atoms with E-state index in [0.717, 1.165) is 0 Å². The zero-order valence-corrected chi connectivity index (χ0v) is 9.88. The van der Waals surface area contributed by atoms with Crippen LogP contribution in [-0.2, 0) is 0 Å². The number of terminal acetylenes is 1. The molecule has 0 aliphatic carbocycles. The minimum Gasteiger partial charge on any atom is -0.322 e. The monoisotopic (exact) mass is 234 g/mol. The van der Waals surface area contributed by atoms with Crippen LogP contribution in [0, 0.1) is 18.2 Å². The second-order valence-electron chi connectivity index (χ2n) is 3.89. The molecule has 0 saturated heterocycles. The number of nitrogens with one attached hydrogen (secondary N) is 2. The number of anilines is 1. The fraction of sp³-hybridized carbons (Fsp3) is 0.308. The van der Waals surface area contributed by atoms with E-state index in [1.807, 2.05) is 6.92 Å². The molecule has 1 atom stereocenters. The van der Waals surface area contributed by atoms with Crippen molar-refractivity contribution in [1.29, 1.82) is 0 Å². The number of benzene rings is 1. The van der Waals surface area contributed by atoms with Crippen molar-refractivity contribution in [3.63, 3.8) is 0 Å². The van der Waals surface area contributed by atoms with Gasteiger partial charge < -0.3 is 10.6 Å². The molecule has 1 rings (SSSR count). The topological polar surface area (TPSA) is 41.1 Å². The van der Waals surface area contributed by atoms with Crippen LogP contribution in [0.3, 0.4) is 0 Å². The molecule has 0 spiro atoms. The van der Waals surface area contributed by atoms with Gasteiger partial charge in [-0.05, 0) is 25.5 Å². The lowest BCUT2D eigenvalue weighted by Crippen LogP contribution is -2.46. The highest BCUT2D eigenvalue weighted by atomic mass is 19.1. The van der Waals surface area contributed by atoms with E-state index in [1.165, 1.54) is 12.1 Å². The summed E-state index contributed by atoms with van der Waals surface area (Å²) in [6.07, 6.45) is 5.91. The molecule has 3 nitrogen and oxygen atoms in total. The van der Waals surface area contributed by atoms with Gasteiger partial charge in [0.05, 0.1) is 11.2 Å². The van der Waals surface area contributed by atoms with E-state index < -0.39 is 17.4 Å². The van der Waals surface area contributed by atoms with Crippen LogP contribution in [0.25, 0.3) is 0 Å². The average Bonchev–Trinajstić information content (AvgIpc) is 2.32. The molecule has 2 amide bonds. The number of para-hydroxylation sites is 1. The normalized spacial score (nSPS) is 13.3. The van der Waals surface area contributed by atoms with Crippen molar-refractivity contribution in [1.82, 2.24) is 5.32 Å². The molecule has 1 aromatic rings. The SMILES string of the molecule is C#CC(C)(CC)NC(=O)Nc1ccccc1F. The first-order valence-electron chi connectivity index (χ1n) is 5.32. The Kier molecular flexibility index (Phi) is 4.11. The van der Waals surface area contributed by atoms with Crippen LogP contribution in [0.4, 0.5) is 14.9 Å². The smallest absolute Gasteiger partial charge is 0.320 e. The zero-order chi connectivity index (χ0) is 12.9. The average molecular weight is 234 g/mol. The fourth-order valence-electron chi connectivity index (χ4n) is 1.19. The Balaban J connectivity index is 2.69. The lowest BCUT2D eigenvalue weighted by atomic mass is 10.0. The first kappa shape index (κ1) is 13.0. The molecular weight excluding hydrogens is 219 g/mol. The fourth-order valence-corrected chi connectivity index (χ4v) is 1.19. The summed E-state index contributed by atoms with van der Waals surface area (Å²) in [5.41, 5.74) is -0.601. The Hall–Kier alpha value is -2.02. The molecule has 4 heteroatoms. The van der Waals surface area contributed by atoms with Gasteiger partial charge in [-0.15, -0.1) is 6.42 Å². The van der Waals surface area contributed by atoms with E-state index in [2.05, 4.69) is 16.6 Å². The van der Waals surface area contributed by atoms with Crippen LogP contribution in [0.15, 0.2) is 24.3 Å². The van der Waals surface area contributed by atoms with Gasteiger partial charge in [-0.25, -0.2) is 9.18 Å². The molecule has 0 aliphatic heterocycles. The third kappa shape index (κ3) is 3.49. The second-order valence-corrected chi connectivity index (χ2v) is 3.89. The molecule has 1 aromatic carbocycles. The number of halogens is 1. The van der Waals surface area contributed by atoms with Crippen molar-refractivity contribution in [2.75, 3.05) is 5.32 Å². The van der Waals surface area contributed by atoms with Gasteiger partial charge in [0.1, 0.15) is 5.82 Å². The van der Waals surface area contributed by atoms with E-state index in [4.69, 9.17) is 6.42 Å². The number of rotatable bonds is 3. The summed E-state index contributed by atoms with van der Waals surface area (Å²) in [4.78, 5) is 11.6.